The molecule has 1 amide bonds. The highest BCUT2D eigenvalue weighted by atomic mass is 16.4. The van der Waals surface area contributed by atoms with Crippen molar-refractivity contribution in [2.24, 2.45) is 17.8 Å². The lowest BCUT2D eigenvalue weighted by molar-refractivity contribution is -0.147. The molecule has 0 heterocycles. The second-order valence-corrected chi connectivity index (χ2v) is 6.31. The maximum atomic E-state index is 12.4. The number of hydrogen-bond donors (Lipinski definition) is 2. The maximum absolute atomic E-state index is 12.4. The predicted molar refractivity (Wildman–Crippen MR) is 77.2 cm³/mol. The van der Waals surface area contributed by atoms with Gasteiger partial charge in [-0.15, -0.1) is 0 Å². The van der Waals surface area contributed by atoms with Crippen molar-refractivity contribution < 1.29 is 14.7 Å². The summed E-state index contributed by atoms with van der Waals surface area (Å²) in [6, 6.07) is 0.229. The zero-order chi connectivity index (χ0) is 14.5. The van der Waals surface area contributed by atoms with Gasteiger partial charge in [0.05, 0.1) is 11.8 Å². The third-order valence-corrected chi connectivity index (χ3v) is 4.69. The van der Waals surface area contributed by atoms with Crippen molar-refractivity contribution in [1.82, 2.24) is 5.32 Å². The van der Waals surface area contributed by atoms with E-state index in [2.05, 4.69) is 12.2 Å². The van der Waals surface area contributed by atoms with Gasteiger partial charge >= 0.3 is 5.97 Å². The van der Waals surface area contributed by atoms with Crippen LogP contribution in [-0.2, 0) is 9.59 Å². The number of aliphatic carboxylic acids is 1. The van der Waals surface area contributed by atoms with Crippen LogP contribution < -0.4 is 5.32 Å². The van der Waals surface area contributed by atoms with E-state index in [1.165, 1.54) is 6.42 Å². The molecule has 20 heavy (non-hydrogen) atoms. The Morgan fingerprint density at radius 3 is 2.45 bits per heavy atom. The topological polar surface area (TPSA) is 66.4 Å². The number of amides is 1. The molecule has 0 aromatic carbocycles. The second-order valence-electron chi connectivity index (χ2n) is 6.31. The van der Waals surface area contributed by atoms with Gasteiger partial charge in [-0.2, -0.15) is 0 Å². The van der Waals surface area contributed by atoms with Crippen LogP contribution in [0.5, 0.6) is 0 Å². The summed E-state index contributed by atoms with van der Waals surface area (Å²) < 4.78 is 0. The minimum Gasteiger partial charge on any atom is -0.481 e. The van der Waals surface area contributed by atoms with Gasteiger partial charge in [-0.3, -0.25) is 9.59 Å². The quantitative estimate of drug-likeness (QED) is 0.616. The smallest absolute Gasteiger partial charge is 0.307 e. The summed E-state index contributed by atoms with van der Waals surface area (Å²) in [5.41, 5.74) is 0. The molecule has 1 fully saturated rings. The summed E-state index contributed by atoms with van der Waals surface area (Å²) >= 11 is 0. The van der Waals surface area contributed by atoms with E-state index in [1.807, 2.05) is 12.2 Å². The normalized spacial score (nSPS) is 34.2. The van der Waals surface area contributed by atoms with E-state index >= 15 is 0 Å². The van der Waals surface area contributed by atoms with Gasteiger partial charge in [-0.25, -0.2) is 0 Å². The lowest BCUT2D eigenvalue weighted by Crippen LogP contribution is -2.43. The third-order valence-electron chi connectivity index (χ3n) is 4.69. The summed E-state index contributed by atoms with van der Waals surface area (Å²) in [4.78, 5) is 23.6. The first kappa shape index (κ1) is 15.1. The molecule has 4 unspecified atom stereocenters. The van der Waals surface area contributed by atoms with Crippen molar-refractivity contribution in [2.45, 2.75) is 57.9 Å². The first-order chi connectivity index (χ1) is 9.58. The summed E-state index contributed by atoms with van der Waals surface area (Å²) in [5, 5.41) is 12.3. The zero-order valence-electron chi connectivity index (χ0n) is 12.2. The van der Waals surface area contributed by atoms with Crippen molar-refractivity contribution in [3.63, 3.8) is 0 Å². The van der Waals surface area contributed by atoms with E-state index in [4.69, 9.17) is 0 Å². The lowest BCUT2D eigenvalue weighted by Gasteiger charge is -2.26. The highest BCUT2D eigenvalue weighted by Crippen LogP contribution is 2.27. The predicted octanol–water partition coefficient (Wildman–Crippen LogP) is 2.74. The van der Waals surface area contributed by atoms with Gasteiger partial charge in [0, 0.05) is 6.04 Å². The number of carboxylic acids is 1. The van der Waals surface area contributed by atoms with E-state index in [0.29, 0.717) is 12.8 Å². The zero-order valence-corrected chi connectivity index (χ0v) is 12.2. The molecule has 4 nitrogen and oxygen atoms in total. The maximum Gasteiger partial charge on any atom is 0.307 e. The Hall–Kier alpha value is -1.32. The van der Waals surface area contributed by atoms with Crippen molar-refractivity contribution >= 4 is 11.9 Å². The van der Waals surface area contributed by atoms with Crippen LogP contribution in [0.4, 0.5) is 0 Å². The van der Waals surface area contributed by atoms with Crippen molar-refractivity contribution in [2.75, 3.05) is 0 Å². The molecule has 2 aliphatic carbocycles. The van der Waals surface area contributed by atoms with Crippen LogP contribution >= 0.6 is 0 Å². The number of carbonyl (C=O) groups excluding carboxylic acids is 1. The average molecular weight is 279 g/mol. The standard InChI is InChI=1S/C16H25NO3/c1-11-5-4-6-12(10-9-11)17-15(18)13-7-2-3-8-14(13)16(19)20/h2-3,11-14H,4-10H2,1H3,(H,17,18)(H,19,20). The van der Waals surface area contributed by atoms with Crippen LogP contribution in [0.15, 0.2) is 12.2 Å². The molecular formula is C16H25NO3. The molecule has 0 radical (unpaired) electrons. The molecule has 112 valence electrons. The fourth-order valence-electron chi connectivity index (χ4n) is 3.32. The van der Waals surface area contributed by atoms with Gasteiger partial charge in [0.15, 0.2) is 0 Å². The Kier molecular flexibility index (Phi) is 5.21. The van der Waals surface area contributed by atoms with Crippen molar-refractivity contribution in [3.8, 4) is 0 Å². The lowest BCUT2D eigenvalue weighted by atomic mass is 9.82. The van der Waals surface area contributed by atoms with Crippen LogP contribution in [-0.4, -0.2) is 23.0 Å². The van der Waals surface area contributed by atoms with Crippen LogP contribution in [0.2, 0.25) is 0 Å². The minimum absolute atomic E-state index is 0.0682. The molecule has 4 heteroatoms. The third kappa shape index (κ3) is 3.84. The molecular weight excluding hydrogens is 254 g/mol. The largest absolute Gasteiger partial charge is 0.481 e. The van der Waals surface area contributed by atoms with Gasteiger partial charge < -0.3 is 10.4 Å². The van der Waals surface area contributed by atoms with Crippen molar-refractivity contribution in [1.29, 1.82) is 0 Å². The second kappa shape index (κ2) is 6.91. The molecule has 2 rings (SSSR count). The molecule has 0 spiro atoms. The first-order valence-electron chi connectivity index (χ1n) is 7.76. The van der Waals surface area contributed by atoms with Gasteiger partial charge in [0.2, 0.25) is 5.91 Å². The molecule has 2 N–H and O–H groups in total. The Balaban J connectivity index is 1.93. The van der Waals surface area contributed by atoms with E-state index < -0.39 is 17.8 Å². The molecule has 0 saturated heterocycles. The number of rotatable bonds is 3. The molecule has 0 aromatic rings. The van der Waals surface area contributed by atoms with E-state index in [1.54, 1.807) is 0 Å². The van der Waals surface area contributed by atoms with Gasteiger partial charge in [-0.1, -0.05) is 31.9 Å². The summed E-state index contributed by atoms with van der Waals surface area (Å²) in [6.07, 6.45) is 10.4. The number of allylic oxidation sites excluding steroid dienone is 2. The Morgan fingerprint density at radius 1 is 1.05 bits per heavy atom. The minimum atomic E-state index is -0.857. The van der Waals surface area contributed by atoms with Crippen LogP contribution in [0, 0.1) is 17.8 Å². The Morgan fingerprint density at radius 2 is 1.75 bits per heavy atom. The highest BCUT2D eigenvalue weighted by Gasteiger charge is 2.34. The molecule has 0 aliphatic heterocycles. The molecule has 0 bridgehead atoms. The highest BCUT2D eigenvalue weighted by molar-refractivity contribution is 5.85. The summed E-state index contributed by atoms with van der Waals surface area (Å²) in [7, 11) is 0. The fraction of sp³-hybridized carbons (Fsp3) is 0.750. The fourth-order valence-corrected chi connectivity index (χ4v) is 3.32. The van der Waals surface area contributed by atoms with E-state index in [-0.39, 0.29) is 11.9 Å². The average Bonchev–Trinajstić information content (AvgIpc) is 2.63. The van der Waals surface area contributed by atoms with E-state index in [0.717, 1.165) is 31.6 Å². The first-order valence-corrected chi connectivity index (χ1v) is 7.76. The van der Waals surface area contributed by atoms with Gasteiger partial charge in [0.25, 0.3) is 0 Å². The number of carbonyl (C=O) groups is 2. The number of hydrogen-bond acceptors (Lipinski definition) is 2. The number of nitrogens with one attached hydrogen (secondary N) is 1. The molecule has 2 aliphatic rings. The Bertz CT molecular complexity index is 391. The monoisotopic (exact) mass is 279 g/mol. The molecule has 0 aromatic heterocycles. The summed E-state index contributed by atoms with van der Waals surface area (Å²) in [5.74, 6) is -1.16. The van der Waals surface area contributed by atoms with Crippen LogP contribution in [0.25, 0.3) is 0 Å². The van der Waals surface area contributed by atoms with Crippen LogP contribution in [0.3, 0.4) is 0 Å². The van der Waals surface area contributed by atoms with E-state index in [9.17, 15) is 14.7 Å². The SMILES string of the molecule is CC1CCCC(NC(=O)C2CC=CCC2C(=O)O)CC1. The molecule has 1 saturated carbocycles. The summed E-state index contributed by atoms with van der Waals surface area (Å²) in [6.45, 7) is 2.26. The Labute approximate surface area is 120 Å². The van der Waals surface area contributed by atoms with Crippen LogP contribution in [0.1, 0.15) is 51.9 Å². The van der Waals surface area contributed by atoms with Gasteiger partial charge in [-0.05, 0) is 38.0 Å². The molecule has 4 atom stereocenters. The number of carboxylic acid groups (broad SMARTS) is 1. The van der Waals surface area contributed by atoms with Crippen molar-refractivity contribution in [3.05, 3.63) is 12.2 Å². The van der Waals surface area contributed by atoms with Gasteiger partial charge in [0.1, 0.15) is 0 Å².